The fraction of sp³-hybridized carbons (Fsp3) is 0.571. The van der Waals surface area contributed by atoms with Gasteiger partial charge in [0.2, 0.25) is 0 Å². The number of benzene rings is 1. The number of rotatable bonds is 4. The summed E-state index contributed by atoms with van der Waals surface area (Å²) >= 11 is 0. The van der Waals surface area contributed by atoms with E-state index in [0.717, 1.165) is 12.5 Å². The van der Waals surface area contributed by atoms with Crippen molar-refractivity contribution in [1.29, 1.82) is 0 Å². The first-order chi connectivity index (χ1) is 7.38. The molecule has 1 heteroatoms. The van der Waals surface area contributed by atoms with E-state index in [0.29, 0.717) is 0 Å². The average molecular weight is 203 g/mol. The Morgan fingerprint density at radius 2 is 2.07 bits per heavy atom. The van der Waals surface area contributed by atoms with Crippen LogP contribution in [0.3, 0.4) is 0 Å². The van der Waals surface area contributed by atoms with E-state index in [2.05, 4.69) is 42.2 Å². The Labute approximate surface area is 93.1 Å². The summed E-state index contributed by atoms with van der Waals surface area (Å²) in [7, 11) is 0. The van der Waals surface area contributed by atoms with Crippen LogP contribution in [0, 0.1) is 5.92 Å². The second kappa shape index (κ2) is 5.32. The van der Waals surface area contributed by atoms with Crippen LogP contribution in [0.2, 0.25) is 0 Å². The lowest BCUT2D eigenvalue weighted by molar-refractivity contribution is 0.313. The van der Waals surface area contributed by atoms with Gasteiger partial charge in [0.1, 0.15) is 0 Å². The molecule has 0 aromatic heterocycles. The topological polar surface area (TPSA) is 3.24 Å². The maximum atomic E-state index is 2.59. The van der Waals surface area contributed by atoms with E-state index in [4.69, 9.17) is 0 Å². The zero-order valence-electron chi connectivity index (χ0n) is 9.65. The minimum absolute atomic E-state index is 0.957. The van der Waals surface area contributed by atoms with E-state index >= 15 is 0 Å². The molecule has 1 aliphatic heterocycles. The predicted octanol–water partition coefficient (Wildman–Crippen LogP) is 3.31. The van der Waals surface area contributed by atoms with Crippen molar-refractivity contribution in [3.63, 3.8) is 0 Å². The molecule has 0 spiro atoms. The predicted molar refractivity (Wildman–Crippen MR) is 64.7 cm³/mol. The van der Waals surface area contributed by atoms with Crippen LogP contribution >= 0.6 is 0 Å². The monoisotopic (exact) mass is 203 g/mol. The molecule has 0 radical (unpaired) electrons. The molecule has 1 heterocycles. The maximum absolute atomic E-state index is 2.59. The largest absolute Gasteiger partial charge is 0.299 e. The molecule has 0 saturated carbocycles. The summed E-state index contributed by atoms with van der Waals surface area (Å²) in [5.41, 5.74) is 1.45. The minimum Gasteiger partial charge on any atom is -0.299 e. The molecule has 1 fully saturated rings. The van der Waals surface area contributed by atoms with E-state index in [1.165, 1.54) is 37.9 Å². The van der Waals surface area contributed by atoms with Crippen molar-refractivity contribution in [1.82, 2.24) is 4.90 Å². The van der Waals surface area contributed by atoms with Gasteiger partial charge in [-0.25, -0.2) is 0 Å². The summed E-state index contributed by atoms with van der Waals surface area (Å²) in [6.07, 6.45) is 4.15. The van der Waals surface area contributed by atoms with Gasteiger partial charge in [-0.05, 0) is 30.9 Å². The Morgan fingerprint density at radius 3 is 2.80 bits per heavy atom. The van der Waals surface area contributed by atoms with Gasteiger partial charge < -0.3 is 0 Å². The van der Waals surface area contributed by atoms with Crippen molar-refractivity contribution in [2.45, 2.75) is 32.7 Å². The van der Waals surface area contributed by atoms with Crippen molar-refractivity contribution in [3.8, 4) is 0 Å². The molecule has 82 valence electrons. The second-order valence-corrected chi connectivity index (χ2v) is 4.66. The maximum Gasteiger partial charge on any atom is 0.0233 e. The Kier molecular flexibility index (Phi) is 3.79. The summed E-state index contributed by atoms with van der Waals surface area (Å²) in [5.74, 6) is 0.957. The zero-order valence-corrected chi connectivity index (χ0v) is 9.65. The van der Waals surface area contributed by atoms with Crippen molar-refractivity contribution >= 4 is 0 Å². The molecule has 15 heavy (non-hydrogen) atoms. The van der Waals surface area contributed by atoms with Crippen molar-refractivity contribution in [2.75, 3.05) is 13.1 Å². The van der Waals surface area contributed by atoms with Crippen LogP contribution in [0.5, 0.6) is 0 Å². The lowest BCUT2D eigenvalue weighted by Gasteiger charge is -2.15. The second-order valence-electron chi connectivity index (χ2n) is 4.66. The first-order valence-corrected chi connectivity index (χ1v) is 6.14. The molecule has 1 atom stereocenters. The quantitative estimate of drug-likeness (QED) is 0.725. The third kappa shape index (κ3) is 3.07. The van der Waals surface area contributed by atoms with Gasteiger partial charge in [0.25, 0.3) is 0 Å². The molecular weight excluding hydrogens is 182 g/mol. The zero-order chi connectivity index (χ0) is 10.5. The van der Waals surface area contributed by atoms with Gasteiger partial charge >= 0.3 is 0 Å². The molecule has 1 nitrogen and oxygen atoms in total. The SMILES string of the molecule is CCC[C@@H]1CCN(Cc2ccccc2)C1. The number of likely N-dealkylation sites (tertiary alicyclic amines) is 1. The Hall–Kier alpha value is -0.820. The Morgan fingerprint density at radius 1 is 1.27 bits per heavy atom. The Balaban J connectivity index is 1.82. The van der Waals surface area contributed by atoms with Crippen LogP contribution in [-0.2, 0) is 6.54 Å². The highest BCUT2D eigenvalue weighted by Gasteiger charge is 2.21. The van der Waals surface area contributed by atoms with Gasteiger partial charge in [-0.3, -0.25) is 4.90 Å². The standard InChI is InChI=1S/C14H21N/c1-2-6-13-9-10-15(11-13)12-14-7-4-3-5-8-14/h3-5,7-8,13H,2,6,9-12H2,1H3/t13-/m1/s1. The first kappa shape index (κ1) is 10.7. The number of hydrogen-bond donors (Lipinski definition) is 0. The third-order valence-electron chi connectivity index (χ3n) is 3.32. The first-order valence-electron chi connectivity index (χ1n) is 6.14. The van der Waals surface area contributed by atoms with Crippen molar-refractivity contribution in [3.05, 3.63) is 35.9 Å². The number of nitrogens with zero attached hydrogens (tertiary/aromatic N) is 1. The summed E-state index contributed by atoms with van der Waals surface area (Å²) in [6.45, 7) is 6.03. The molecule has 1 aliphatic rings. The van der Waals surface area contributed by atoms with E-state index < -0.39 is 0 Å². The lowest BCUT2D eigenvalue weighted by atomic mass is 10.0. The molecule has 0 unspecified atom stereocenters. The normalized spacial score (nSPS) is 22.1. The molecule has 2 rings (SSSR count). The lowest BCUT2D eigenvalue weighted by Crippen LogP contribution is -2.19. The van der Waals surface area contributed by atoms with E-state index in [-0.39, 0.29) is 0 Å². The summed E-state index contributed by atoms with van der Waals surface area (Å²) in [6, 6.07) is 10.8. The third-order valence-corrected chi connectivity index (χ3v) is 3.32. The van der Waals surface area contributed by atoms with Crippen LogP contribution in [0.25, 0.3) is 0 Å². The van der Waals surface area contributed by atoms with E-state index in [1.54, 1.807) is 0 Å². The van der Waals surface area contributed by atoms with E-state index in [9.17, 15) is 0 Å². The van der Waals surface area contributed by atoms with Gasteiger partial charge in [-0.15, -0.1) is 0 Å². The van der Waals surface area contributed by atoms with Crippen molar-refractivity contribution < 1.29 is 0 Å². The summed E-state index contributed by atoms with van der Waals surface area (Å²) in [5, 5.41) is 0. The van der Waals surface area contributed by atoms with Crippen LogP contribution in [0.1, 0.15) is 31.7 Å². The average Bonchev–Trinajstić information content (AvgIpc) is 2.68. The molecule has 0 bridgehead atoms. The van der Waals surface area contributed by atoms with Crippen LogP contribution in [-0.4, -0.2) is 18.0 Å². The highest BCUT2D eigenvalue weighted by Crippen LogP contribution is 2.22. The smallest absolute Gasteiger partial charge is 0.0233 e. The summed E-state index contributed by atoms with van der Waals surface area (Å²) in [4.78, 5) is 2.59. The highest BCUT2D eigenvalue weighted by molar-refractivity contribution is 5.14. The van der Waals surface area contributed by atoms with Crippen LogP contribution < -0.4 is 0 Å². The molecule has 0 N–H and O–H groups in total. The Bertz CT molecular complexity index is 281. The fourth-order valence-electron chi connectivity index (χ4n) is 2.54. The van der Waals surface area contributed by atoms with Gasteiger partial charge in [0.15, 0.2) is 0 Å². The highest BCUT2D eigenvalue weighted by atomic mass is 15.1. The van der Waals surface area contributed by atoms with Crippen LogP contribution in [0.4, 0.5) is 0 Å². The van der Waals surface area contributed by atoms with Gasteiger partial charge in [-0.1, -0.05) is 43.7 Å². The number of hydrogen-bond acceptors (Lipinski definition) is 1. The van der Waals surface area contributed by atoms with Gasteiger partial charge in [0.05, 0.1) is 0 Å². The molecule has 0 aliphatic carbocycles. The van der Waals surface area contributed by atoms with E-state index in [1.807, 2.05) is 0 Å². The molecule has 1 saturated heterocycles. The minimum atomic E-state index is 0.957. The summed E-state index contributed by atoms with van der Waals surface area (Å²) < 4.78 is 0. The van der Waals surface area contributed by atoms with Gasteiger partial charge in [-0.2, -0.15) is 0 Å². The molecule has 1 aromatic rings. The van der Waals surface area contributed by atoms with Crippen molar-refractivity contribution in [2.24, 2.45) is 5.92 Å². The molecular formula is C14H21N. The van der Waals surface area contributed by atoms with Gasteiger partial charge in [0, 0.05) is 13.1 Å². The molecule has 0 amide bonds. The fourth-order valence-corrected chi connectivity index (χ4v) is 2.54. The molecule has 1 aromatic carbocycles. The van der Waals surface area contributed by atoms with Crippen LogP contribution in [0.15, 0.2) is 30.3 Å².